The molecule has 1 atom stereocenters. The maximum atomic E-state index is 12.3. The number of carboxylic acids is 1. The zero-order chi connectivity index (χ0) is 13.9. The average Bonchev–Trinajstić information content (AvgIpc) is 2.28. The zero-order valence-corrected chi connectivity index (χ0v) is 11.7. The van der Waals surface area contributed by atoms with Crippen molar-refractivity contribution in [2.24, 2.45) is 11.8 Å². The molecule has 1 aliphatic heterocycles. The lowest BCUT2D eigenvalue weighted by Gasteiger charge is -2.34. The third kappa shape index (κ3) is 3.45. The summed E-state index contributed by atoms with van der Waals surface area (Å²) >= 11 is 0. The Morgan fingerprint density at radius 1 is 1.28 bits per heavy atom. The van der Waals surface area contributed by atoms with Crippen LogP contribution in [0.4, 0.5) is 0 Å². The molecule has 1 heterocycles. The summed E-state index contributed by atoms with van der Waals surface area (Å²) < 4.78 is 0. The van der Waals surface area contributed by atoms with Crippen LogP contribution in [0, 0.1) is 11.8 Å². The van der Waals surface area contributed by atoms with Gasteiger partial charge in [0.05, 0.1) is 0 Å². The summed E-state index contributed by atoms with van der Waals surface area (Å²) in [7, 11) is 3.65. The fraction of sp³-hybridized carbons (Fsp3) is 0.846. The first-order valence-corrected chi connectivity index (χ1v) is 6.52. The van der Waals surface area contributed by atoms with Crippen molar-refractivity contribution >= 4 is 11.9 Å². The van der Waals surface area contributed by atoms with E-state index in [9.17, 15) is 14.7 Å². The molecule has 1 fully saturated rings. The number of carboxylic acid groups (broad SMARTS) is 1. The number of hydrogen-bond acceptors (Lipinski definition) is 3. The number of piperidine rings is 1. The lowest BCUT2D eigenvalue weighted by atomic mass is 9.94. The minimum atomic E-state index is -0.922. The highest BCUT2D eigenvalue weighted by Gasteiger charge is 2.34. The van der Waals surface area contributed by atoms with E-state index in [0.717, 1.165) is 25.9 Å². The molecule has 1 rings (SSSR count). The largest absolute Gasteiger partial charge is 0.480 e. The first-order chi connectivity index (χ1) is 8.34. The summed E-state index contributed by atoms with van der Waals surface area (Å²) in [5, 5.41) is 9.20. The quantitative estimate of drug-likeness (QED) is 0.811. The number of amides is 1. The number of aliphatic carboxylic acids is 1. The van der Waals surface area contributed by atoms with Gasteiger partial charge in [-0.05, 0) is 38.9 Å². The number of carbonyl (C=O) groups excluding carboxylic acids is 1. The molecular weight excluding hydrogens is 232 g/mol. The average molecular weight is 256 g/mol. The summed E-state index contributed by atoms with van der Waals surface area (Å²) in [5.74, 6) is -1.05. The highest BCUT2D eigenvalue weighted by atomic mass is 16.4. The third-order valence-electron chi connectivity index (χ3n) is 3.72. The minimum absolute atomic E-state index is 0.0215. The van der Waals surface area contributed by atoms with Gasteiger partial charge in [0.2, 0.25) is 5.91 Å². The van der Waals surface area contributed by atoms with Crippen LogP contribution >= 0.6 is 0 Å². The maximum absolute atomic E-state index is 12.3. The van der Waals surface area contributed by atoms with Crippen LogP contribution in [-0.2, 0) is 9.59 Å². The van der Waals surface area contributed by atoms with E-state index in [2.05, 4.69) is 4.90 Å². The van der Waals surface area contributed by atoms with Crippen LogP contribution in [0.25, 0.3) is 0 Å². The molecule has 1 unspecified atom stereocenters. The van der Waals surface area contributed by atoms with Gasteiger partial charge in [-0.1, -0.05) is 13.8 Å². The minimum Gasteiger partial charge on any atom is -0.480 e. The molecule has 1 amide bonds. The van der Waals surface area contributed by atoms with Crippen molar-refractivity contribution in [3.05, 3.63) is 0 Å². The highest BCUT2D eigenvalue weighted by molar-refractivity contribution is 5.85. The smallest absolute Gasteiger partial charge is 0.326 e. The van der Waals surface area contributed by atoms with Crippen LogP contribution in [-0.4, -0.2) is 60.0 Å². The van der Waals surface area contributed by atoms with Crippen molar-refractivity contribution in [3.63, 3.8) is 0 Å². The monoisotopic (exact) mass is 256 g/mol. The first-order valence-electron chi connectivity index (χ1n) is 6.52. The first kappa shape index (κ1) is 15.0. The van der Waals surface area contributed by atoms with Gasteiger partial charge in [0.25, 0.3) is 0 Å². The Bertz CT molecular complexity index is 309. The van der Waals surface area contributed by atoms with Gasteiger partial charge in [-0.25, -0.2) is 4.79 Å². The molecule has 104 valence electrons. The topological polar surface area (TPSA) is 60.9 Å². The molecule has 0 aromatic heterocycles. The van der Waals surface area contributed by atoms with Crippen molar-refractivity contribution in [1.82, 2.24) is 9.80 Å². The molecule has 0 bridgehead atoms. The molecule has 5 nitrogen and oxygen atoms in total. The van der Waals surface area contributed by atoms with Gasteiger partial charge < -0.3 is 14.9 Å². The Kier molecular flexibility index (Phi) is 5.14. The van der Waals surface area contributed by atoms with Crippen LogP contribution in [0.5, 0.6) is 0 Å². The number of nitrogens with zero attached hydrogens (tertiary/aromatic N) is 2. The van der Waals surface area contributed by atoms with Crippen molar-refractivity contribution < 1.29 is 14.7 Å². The van der Waals surface area contributed by atoms with E-state index in [4.69, 9.17) is 0 Å². The lowest BCUT2D eigenvalue weighted by Crippen LogP contribution is -2.49. The summed E-state index contributed by atoms with van der Waals surface area (Å²) in [6.07, 6.45) is 1.65. The van der Waals surface area contributed by atoms with Gasteiger partial charge in [-0.2, -0.15) is 0 Å². The molecule has 1 saturated heterocycles. The third-order valence-corrected chi connectivity index (χ3v) is 3.72. The molecule has 0 aromatic carbocycles. The maximum Gasteiger partial charge on any atom is 0.326 e. The van der Waals surface area contributed by atoms with E-state index in [1.807, 2.05) is 20.9 Å². The van der Waals surface area contributed by atoms with Gasteiger partial charge in [-0.15, -0.1) is 0 Å². The second-order valence-electron chi connectivity index (χ2n) is 5.55. The summed E-state index contributed by atoms with van der Waals surface area (Å²) in [5.41, 5.74) is 0. The SMILES string of the molecule is CC(C)C(C(=O)O)N(C)C(=O)C1CCN(C)CC1. The molecule has 0 aromatic rings. The molecule has 0 radical (unpaired) electrons. The van der Waals surface area contributed by atoms with E-state index in [-0.39, 0.29) is 17.7 Å². The fourth-order valence-electron chi connectivity index (χ4n) is 2.58. The van der Waals surface area contributed by atoms with Gasteiger partial charge in [-0.3, -0.25) is 4.79 Å². The van der Waals surface area contributed by atoms with E-state index in [1.165, 1.54) is 4.90 Å². The van der Waals surface area contributed by atoms with Crippen LogP contribution in [0.1, 0.15) is 26.7 Å². The van der Waals surface area contributed by atoms with Crippen LogP contribution in [0.2, 0.25) is 0 Å². The Morgan fingerprint density at radius 3 is 2.17 bits per heavy atom. The van der Waals surface area contributed by atoms with Crippen molar-refractivity contribution in [3.8, 4) is 0 Å². The fourth-order valence-corrected chi connectivity index (χ4v) is 2.58. The molecule has 1 aliphatic rings. The summed E-state index contributed by atoms with van der Waals surface area (Å²) in [6.45, 7) is 5.47. The number of carbonyl (C=O) groups is 2. The number of likely N-dealkylation sites (N-methyl/N-ethyl adjacent to an activating group) is 1. The van der Waals surface area contributed by atoms with Crippen molar-refractivity contribution in [2.45, 2.75) is 32.7 Å². The Labute approximate surface area is 109 Å². The van der Waals surface area contributed by atoms with Crippen LogP contribution < -0.4 is 0 Å². The van der Waals surface area contributed by atoms with E-state index in [1.54, 1.807) is 7.05 Å². The molecular formula is C13H24N2O3. The predicted octanol–water partition coefficient (Wildman–Crippen LogP) is 0.896. The molecule has 18 heavy (non-hydrogen) atoms. The summed E-state index contributed by atoms with van der Waals surface area (Å²) in [6, 6.07) is -0.725. The number of rotatable bonds is 4. The molecule has 5 heteroatoms. The van der Waals surface area contributed by atoms with Gasteiger partial charge >= 0.3 is 5.97 Å². The lowest BCUT2D eigenvalue weighted by molar-refractivity contribution is -0.153. The highest BCUT2D eigenvalue weighted by Crippen LogP contribution is 2.21. The van der Waals surface area contributed by atoms with Gasteiger partial charge in [0.15, 0.2) is 0 Å². The molecule has 1 N–H and O–H groups in total. The van der Waals surface area contributed by atoms with E-state index < -0.39 is 12.0 Å². The second-order valence-corrected chi connectivity index (χ2v) is 5.55. The predicted molar refractivity (Wildman–Crippen MR) is 69.3 cm³/mol. The Hall–Kier alpha value is -1.10. The van der Waals surface area contributed by atoms with Gasteiger partial charge in [0.1, 0.15) is 6.04 Å². The second kappa shape index (κ2) is 6.18. The van der Waals surface area contributed by atoms with E-state index in [0.29, 0.717) is 0 Å². The standard InChI is InChI=1S/C13H24N2O3/c1-9(2)11(13(17)18)15(4)12(16)10-5-7-14(3)8-6-10/h9-11H,5-8H2,1-4H3,(H,17,18). The van der Waals surface area contributed by atoms with E-state index >= 15 is 0 Å². The van der Waals surface area contributed by atoms with Gasteiger partial charge in [0, 0.05) is 13.0 Å². The Balaban J connectivity index is 2.67. The normalized spacial score (nSPS) is 19.8. The van der Waals surface area contributed by atoms with Crippen molar-refractivity contribution in [1.29, 1.82) is 0 Å². The van der Waals surface area contributed by atoms with Crippen molar-refractivity contribution in [2.75, 3.05) is 27.2 Å². The summed E-state index contributed by atoms with van der Waals surface area (Å²) in [4.78, 5) is 27.1. The Morgan fingerprint density at radius 2 is 1.78 bits per heavy atom. The number of hydrogen-bond donors (Lipinski definition) is 1. The number of likely N-dealkylation sites (tertiary alicyclic amines) is 1. The zero-order valence-electron chi connectivity index (χ0n) is 11.7. The van der Waals surface area contributed by atoms with Crippen LogP contribution in [0.3, 0.4) is 0 Å². The molecule has 0 spiro atoms. The molecule has 0 saturated carbocycles. The van der Waals surface area contributed by atoms with Crippen LogP contribution in [0.15, 0.2) is 0 Å². The molecule has 0 aliphatic carbocycles.